The number of carbonyl (C=O) groups is 1. The number of nitrogens with zero attached hydrogens (tertiary/aromatic N) is 3. The van der Waals surface area contributed by atoms with Crippen LogP contribution in [0.4, 0.5) is 9.18 Å². The molecule has 4 heterocycles. The number of β-amino-alcohol motifs (C(OH)–C–C–N with tert-alkyl or cyclic N) is 1. The minimum absolute atomic E-state index is 0.0268. The van der Waals surface area contributed by atoms with Crippen LogP contribution in [0.3, 0.4) is 0 Å². The topological polar surface area (TPSA) is 117 Å². The lowest BCUT2D eigenvalue weighted by Crippen LogP contribution is -2.40. The quantitative estimate of drug-likeness (QED) is 0.687. The zero-order chi connectivity index (χ0) is 19.1. The summed E-state index contributed by atoms with van der Waals surface area (Å²) >= 11 is 0. The van der Waals surface area contributed by atoms with Crippen molar-refractivity contribution >= 4 is 17.1 Å². The molecule has 0 aromatic carbocycles. The highest BCUT2D eigenvalue weighted by Crippen LogP contribution is 2.33. The molecule has 4 rings (SSSR count). The molecule has 9 nitrogen and oxygen atoms in total. The summed E-state index contributed by atoms with van der Waals surface area (Å²) in [4.78, 5) is 29.1. The van der Waals surface area contributed by atoms with Crippen LogP contribution < -0.4 is 15.6 Å². The number of halogens is 1. The summed E-state index contributed by atoms with van der Waals surface area (Å²) in [5.41, 5.74) is 0.538. The van der Waals surface area contributed by atoms with E-state index in [-0.39, 0.29) is 36.4 Å². The van der Waals surface area contributed by atoms with Gasteiger partial charge in [-0.2, -0.15) is 0 Å². The van der Waals surface area contributed by atoms with E-state index in [2.05, 4.69) is 10.3 Å². The van der Waals surface area contributed by atoms with E-state index in [0.29, 0.717) is 30.7 Å². The highest BCUT2D eigenvalue weighted by molar-refractivity contribution is 5.82. The van der Waals surface area contributed by atoms with E-state index in [0.717, 1.165) is 6.20 Å². The number of pyridine rings is 2. The van der Waals surface area contributed by atoms with E-state index >= 15 is 0 Å². The van der Waals surface area contributed by atoms with Crippen molar-refractivity contribution in [1.29, 1.82) is 0 Å². The van der Waals surface area contributed by atoms with Gasteiger partial charge in [0.15, 0.2) is 11.6 Å². The second-order valence-electron chi connectivity index (χ2n) is 6.91. The van der Waals surface area contributed by atoms with E-state index in [4.69, 9.17) is 9.84 Å². The molecule has 0 aliphatic carbocycles. The summed E-state index contributed by atoms with van der Waals surface area (Å²) in [7, 11) is 0. The number of hydrogen-bond donors (Lipinski definition) is 3. The van der Waals surface area contributed by atoms with Gasteiger partial charge in [-0.3, -0.25) is 19.2 Å². The van der Waals surface area contributed by atoms with E-state index in [9.17, 15) is 19.1 Å². The number of likely N-dealkylation sites (tertiary alicyclic amines) is 1. The highest BCUT2D eigenvalue weighted by atomic mass is 19.1. The number of nitrogens with one attached hydrogen (secondary N) is 1. The van der Waals surface area contributed by atoms with Gasteiger partial charge in [-0.1, -0.05) is 0 Å². The summed E-state index contributed by atoms with van der Waals surface area (Å²) in [6, 6.07) is 2.57. The average Bonchev–Trinajstić information content (AvgIpc) is 2.98. The Bertz CT molecular complexity index is 949. The Morgan fingerprint density at radius 2 is 2.22 bits per heavy atom. The van der Waals surface area contributed by atoms with Gasteiger partial charge in [0, 0.05) is 38.2 Å². The molecule has 2 aliphatic rings. The molecule has 1 fully saturated rings. The Hall–Kier alpha value is -2.72. The Labute approximate surface area is 153 Å². The first-order valence-electron chi connectivity index (χ1n) is 8.64. The second-order valence-corrected chi connectivity index (χ2v) is 6.91. The van der Waals surface area contributed by atoms with Crippen LogP contribution in [0, 0.1) is 11.7 Å². The molecular weight excluding hydrogens is 359 g/mol. The Morgan fingerprint density at radius 1 is 1.41 bits per heavy atom. The van der Waals surface area contributed by atoms with Crippen molar-refractivity contribution in [3.8, 4) is 5.75 Å². The van der Waals surface area contributed by atoms with E-state index in [1.165, 1.54) is 16.7 Å². The number of amides is 1. The summed E-state index contributed by atoms with van der Waals surface area (Å²) in [6.45, 7) is 1.53. The summed E-state index contributed by atoms with van der Waals surface area (Å²) in [5.74, 6) is -0.819. The van der Waals surface area contributed by atoms with Crippen LogP contribution in [0.15, 0.2) is 23.1 Å². The van der Waals surface area contributed by atoms with Crippen molar-refractivity contribution in [2.24, 2.45) is 5.92 Å². The maximum Gasteiger partial charge on any atom is 0.404 e. The molecule has 0 spiro atoms. The van der Waals surface area contributed by atoms with Gasteiger partial charge in [-0.15, -0.1) is 0 Å². The van der Waals surface area contributed by atoms with Gasteiger partial charge >= 0.3 is 6.09 Å². The van der Waals surface area contributed by atoms with Crippen molar-refractivity contribution in [1.82, 2.24) is 19.8 Å². The van der Waals surface area contributed by atoms with E-state index < -0.39 is 18.0 Å². The molecule has 0 bridgehead atoms. The third-order valence-corrected chi connectivity index (χ3v) is 5.11. The zero-order valence-electron chi connectivity index (χ0n) is 14.3. The van der Waals surface area contributed by atoms with Crippen molar-refractivity contribution in [2.75, 3.05) is 32.8 Å². The molecule has 3 N–H and O–H groups in total. The number of carboxylic acid groups (broad SMARTS) is 1. The lowest BCUT2D eigenvalue weighted by atomic mass is 10.1. The van der Waals surface area contributed by atoms with Crippen LogP contribution in [0.25, 0.3) is 11.0 Å². The van der Waals surface area contributed by atoms with Crippen LogP contribution >= 0.6 is 0 Å². The predicted molar refractivity (Wildman–Crippen MR) is 92.5 cm³/mol. The highest BCUT2D eigenvalue weighted by Gasteiger charge is 2.35. The molecule has 3 atom stereocenters. The Balaban J connectivity index is 1.58. The smallest absolute Gasteiger partial charge is 0.404 e. The Kier molecular flexibility index (Phi) is 4.44. The normalized spacial score (nSPS) is 24.7. The number of hydrogen-bond acceptors (Lipinski definition) is 6. The van der Waals surface area contributed by atoms with Crippen molar-refractivity contribution in [2.45, 2.75) is 12.1 Å². The van der Waals surface area contributed by atoms with E-state index in [1.807, 2.05) is 4.90 Å². The number of aromatic nitrogens is 2. The van der Waals surface area contributed by atoms with Gasteiger partial charge in [0.2, 0.25) is 0 Å². The molecule has 0 saturated carbocycles. The molecule has 0 radical (unpaired) electrons. The lowest BCUT2D eigenvalue weighted by Gasteiger charge is -2.30. The minimum Gasteiger partial charge on any atom is -0.486 e. The van der Waals surface area contributed by atoms with Crippen LogP contribution in [-0.4, -0.2) is 69.6 Å². The first-order valence-corrected chi connectivity index (χ1v) is 8.64. The summed E-state index contributed by atoms with van der Waals surface area (Å²) < 4.78 is 21.1. The molecule has 1 saturated heterocycles. The fraction of sp³-hybridized carbons (Fsp3) is 0.471. The minimum atomic E-state index is -1.13. The van der Waals surface area contributed by atoms with Gasteiger partial charge in [0.05, 0.1) is 23.9 Å². The number of aliphatic hydroxyl groups is 1. The molecule has 2 aromatic heterocycles. The monoisotopic (exact) mass is 378 g/mol. The van der Waals surface area contributed by atoms with Gasteiger partial charge in [0.25, 0.3) is 5.56 Å². The average molecular weight is 378 g/mol. The molecule has 2 aromatic rings. The summed E-state index contributed by atoms with van der Waals surface area (Å²) in [6.07, 6.45) is -0.727. The van der Waals surface area contributed by atoms with Crippen LogP contribution in [0.5, 0.6) is 5.75 Å². The fourth-order valence-electron chi connectivity index (χ4n) is 3.87. The maximum absolute atomic E-state index is 14.0. The zero-order valence-corrected chi connectivity index (χ0v) is 14.3. The third kappa shape index (κ3) is 3.21. The molecule has 1 amide bonds. The molecule has 0 unspecified atom stereocenters. The van der Waals surface area contributed by atoms with Crippen LogP contribution in [0.1, 0.15) is 6.04 Å². The van der Waals surface area contributed by atoms with Crippen molar-refractivity contribution in [3.63, 3.8) is 0 Å². The number of rotatable bonds is 4. The number of ether oxygens (including phenoxy) is 1. The molecule has 27 heavy (non-hydrogen) atoms. The summed E-state index contributed by atoms with van der Waals surface area (Å²) in [5, 5.41) is 21.2. The van der Waals surface area contributed by atoms with Crippen molar-refractivity contribution in [3.05, 3.63) is 34.5 Å². The van der Waals surface area contributed by atoms with Gasteiger partial charge < -0.3 is 20.3 Å². The third-order valence-electron chi connectivity index (χ3n) is 5.11. The first-order chi connectivity index (χ1) is 12.9. The van der Waals surface area contributed by atoms with Gasteiger partial charge in [-0.25, -0.2) is 9.18 Å². The number of aliphatic hydroxyl groups excluding tert-OH is 1. The van der Waals surface area contributed by atoms with Gasteiger partial charge in [-0.05, 0) is 6.07 Å². The van der Waals surface area contributed by atoms with Crippen molar-refractivity contribution < 1.29 is 24.1 Å². The SMILES string of the molecule is O=C(O)NC[C@H]1CN(C[C@@H]2COc3c(F)cnc4ccc(=O)n2c34)C[C@H]1O. The molecule has 144 valence electrons. The largest absolute Gasteiger partial charge is 0.486 e. The standard InChI is InChI=1S/C17H19FN4O5/c18-11-4-19-12-1-2-14(24)22-10(8-27-16(11)15(12)22)6-21-5-9(13(23)7-21)3-20-17(25)26/h1-2,4,9-10,13,20,23H,3,5-8H2,(H,25,26)/t9-,10+,13+/m0/s1. The first kappa shape index (κ1) is 17.7. The maximum atomic E-state index is 14.0. The lowest BCUT2D eigenvalue weighted by molar-refractivity contribution is 0.133. The van der Waals surface area contributed by atoms with Crippen LogP contribution in [-0.2, 0) is 0 Å². The van der Waals surface area contributed by atoms with Gasteiger partial charge in [0.1, 0.15) is 12.1 Å². The molecule has 10 heteroatoms. The second kappa shape index (κ2) is 6.78. The van der Waals surface area contributed by atoms with Crippen LogP contribution in [0.2, 0.25) is 0 Å². The molecule has 2 aliphatic heterocycles. The van der Waals surface area contributed by atoms with E-state index in [1.54, 1.807) is 0 Å². The predicted octanol–water partition coefficient (Wildman–Crippen LogP) is 0.0294. The molecular formula is C17H19FN4O5. The Morgan fingerprint density at radius 3 is 3.00 bits per heavy atom. The fourth-order valence-corrected chi connectivity index (χ4v) is 3.87.